The van der Waals surface area contributed by atoms with Crippen LogP contribution in [0.2, 0.25) is 0 Å². The van der Waals surface area contributed by atoms with E-state index in [4.69, 9.17) is 4.74 Å². The molecule has 0 saturated heterocycles. The summed E-state index contributed by atoms with van der Waals surface area (Å²) in [7, 11) is 0. The molecule has 0 aliphatic carbocycles. The number of thiocarbonyl (C=S) groups is 1. The summed E-state index contributed by atoms with van der Waals surface area (Å²) in [6.07, 6.45) is -0.485. The zero-order valence-electron chi connectivity index (χ0n) is 8.19. The maximum atomic E-state index is 11.1. The summed E-state index contributed by atoms with van der Waals surface area (Å²) in [6, 6.07) is 6.73. The average molecular weight is 222 g/mol. The predicted octanol–water partition coefficient (Wildman–Crippen LogP) is 2.53. The summed E-state index contributed by atoms with van der Waals surface area (Å²) in [4.78, 5) is 14.9. The van der Waals surface area contributed by atoms with Gasteiger partial charge in [-0.1, -0.05) is 6.07 Å². The molecule has 0 fully saturated rings. The highest BCUT2D eigenvalue weighted by molar-refractivity contribution is 7.78. The molecule has 1 aromatic rings. The number of aliphatic imine (C=N–C) groups is 1. The van der Waals surface area contributed by atoms with Gasteiger partial charge in [0.1, 0.15) is 5.75 Å². The molecule has 0 heterocycles. The highest BCUT2D eigenvalue weighted by Gasteiger charge is 2.02. The summed E-state index contributed by atoms with van der Waals surface area (Å²) >= 11 is 4.47. The molecule has 0 aliphatic rings. The van der Waals surface area contributed by atoms with E-state index in [2.05, 4.69) is 27.7 Å². The largest absolute Gasteiger partial charge is 0.412 e. The molecule has 0 saturated carbocycles. The zero-order valence-corrected chi connectivity index (χ0v) is 9.00. The zero-order chi connectivity index (χ0) is 11.1. The Hall–Kier alpha value is -1.71. The number of amides is 1. The molecule has 0 bridgehead atoms. The van der Waals surface area contributed by atoms with Gasteiger partial charge in [0.2, 0.25) is 0 Å². The minimum absolute atomic E-state index is 0.424. The van der Waals surface area contributed by atoms with Crippen LogP contribution in [0.15, 0.2) is 29.3 Å². The third-order valence-electron chi connectivity index (χ3n) is 1.52. The van der Waals surface area contributed by atoms with Crippen LogP contribution in [0.25, 0.3) is 0 Å². The molecular weight excluding hydrogens is 212 g/mol. The molecule has 0 unspecified atom stereocenters. The molecule has 0 aromatic heterocycles. The molecule has 15 heavy (non-hydrogen) atoms. The summed E-state index contributed by atoms with van der Waals surface area (Å²) in [5.41, 5.74) is 0.604. The second kappa shape index (κ2) is 5.90. The van der Waals surface area contributed by atoms with Crippen molar-refractivity contribution in [3.63, 3.8) is 0 Å². The van der Waals surface area contributed by atoms with Crippen LogP contribution >= 0.6 is 12.2 Å². The third-order valence-corrected chi connectivity index (χ3v) is 1.62. The van der Waals surface area contributed by atoms with E-state index in [-0.39, 0.29) is 0 Å². The van der Waals surface area contributed by atoms with Gasteiger partial charge in [0.05, 0.1) is 10.8 Å². The monoisotopic (exact) mass is 222 g/mol. The molecule has 0 radical (unpaired) electrons. The smallest absolute Gasteiger partial charge is 0.410 e. The second-order valence-electron chi connectivity index (χ2n) is 2.62. The van der Waals surface area contributed by atoms with Gasteiger partial charge >= 0.3 is 6.09 Å². The second-order valence-corrected chi connectivity index (χ2v) is 2.80. The number of rotatable bonds is 3. The molecule has 78 valence electrons. The standard InChI is InChI=1S/C10H10N2O2S/c1-2-11-10(13)14-9-5-3-4-8(6-9)12-7-15/h3-6H,2H2,1H3,(H,11,13). The maximum absolute atomic E-state index is 11.1. The molecule has 1 aromatic carbocycles. The Morgan fingerprint density at radius 1 is 1.67 bits per heavy atom. The van der Waals surface area contributed by atoms with Crippen molar-refractivity contribution in [2.75, 3.05) is 6.54 Å². The lowest BCUT2D eigenvalue weighted by molar-refractivity contribution is 0.201. The Labute approximate surface area is 93.0 Å². The number of carbonyl (C=O) groups is 1. The summed E-state index contributed by atoms with van der Waals surface area (Å²) in [5.74, 6) is 0.424. The van der Waals surface area contributed by atoms with Crippen molar-refractivity contribution in [2.45, 2.75) is 6.92 Å². The minimum Gasteiger partial charge on any atom is -0.410 e. The molecule has 1 amide bonds. The highest BCUT2D eigenvalue weighted by atomic mass is 32.1. The Bertz CT molecular complexity index is 400. The molecule has 0 aliphatic heterocycles. The van der Waals surface area contributed by atoms with Crippen molar-refractivity contribution in [1.29, 1.82) is 0 Å². The van der Waals surface area contributed by atoms with Crippen LogP contribution in [0.4, 0.5) is 10.5 Å². The number of carbonyl (C=O) groups excluding carboxylic acids is 1. The van der Waals surface area contributed by atoms with Gasteiger partial charge in [0, 0.05) is 12.6 Å². The van der Waals surface area contributed by atoms with E-state index in [9.17, 15) is 4.79 Å². The van der Waals surface area contributed by atoms with E-state index in [1.807, 2.05) is 6.92 Å². The summed E-state index contributed by atoms with van der Waals surface area (Å²) in [5, 5.41) is 4.76. The van der Waals surface area contributed by atoms with Crippen LogP contribution in [0, 0.1) is 0 Å². The van der Waals surface area contributed by atoms with Crippen LogP contribution in [-0.2, 0) is 0 Å². The molecule has 5 heteroatoms. The van der Waals surface area contributed by atoms with Gasteiger partial charge in [-0.15, -0.1) is 0 Å². The van der Waals surface area contributed by atoms with Crippen LogP contribution in [0.5, 0.6) is 5.75 Å². The molecule has 1 rings (SSSR count). The van der Waals surface area contributed by atoms with E-state index in [1.165, 1.54) is 0 Å². The normalized spacial score (nSPS) is 8.87. The fourth-order valence-corrected chi connectivity index (χ4v) is 1.06. The van der Waals surface area contributed by atoms with Gasteiger partial charge in [0.15, 0.2) is 0 Å². The lowest BCUT2D eigenvalue weighted by Gasteiger charge is -2.04. The van der Waals surface area contributed by atoms with E-state index < -0.39 is 6.09 Å². The average Bonchev–Trinajstić information content (AvgIpc) is 2.19. The van der Waals surface area contributed by atoms with Gasteiger partial charge in [-0.25, -0.2) is 4.79 Å². The number of nitrogens with one attached hydrogen (secondary N) is 1. The van der Waals surface area contributed by atoms with E-state index >= 15 is 0 Å². The molecule has 0 spiro atoms. The Kier molecular flexibility index (Phi) is 4.47. The maximum Gasteiger partial charge on any atom is 0.412 e. The first kappa shape index (κ1) is 11.4. The fourth-order valence-electron chi connectivity index (χ4n) is 0.957. The number of hydrogen-bond donors (Lipinski definition) is 1. The summed E-state index contributed by atoms with van der Waals surface area (Å²) < 4.78 is 4.97. The van der Waals surface area contributed by atoms with Crippen LogP contribution in [0.3, 0.4) is 0 Å². The number of nitrogens with zero attached hydrogens (tertiary/aromatic N) is 1. The van der Waals surface area contributed by atoms with E-state index in [0.717, 1.165) is 0 Å². The van der Waals surface area contributed by atoms with Crippen molar-refractivity contribution in [3.8, 4) is 5.75 Å². The Balaban J connectivity index is 2.73. The van der Waals surface area contributed by atoms with Crippen molar-refractivity contribution in [3.05, 3.63) is 24.3 Å². The molecule has 1 N–H and O–H groups in total. The van der Waals surface area contributed by atoms with Crippen molar-refractivity contribution in [1.82, 2.24) is 5.32 Å². The lowest BCUT2D eigenvalue weighted by atomic mass is 10.3. The van der Waals surface area contributed by atoms with Crippen molar-refractivity contribution >= 4 is 29.2 Å². The highest BCUT2D eigenvalue weighted by Crippen LogP contribution is 2.19. The lowest BCUT2D eigenvalue weighted by Crippen LogP contribution is -2.26. The van der Waals surface area contributed by atoms with Gasteiger partial charge in [-0.05, 0) is 31.3 Å². The fraction of sp³-hybridized carbons (Fsp3) is 0.200. The topological polar surface area (TPSA) is 50.7 Å². The SMILES string of the molecule is CCNC(=O)Oc1cccc(N=C=S)c1. The number of isothiocyanates is 1. The van der Waals surface area contributed by atoms with E-state index in [1.54, 1.807) is 24.3 Å². The van der Waals surface area contributed by atoms with E-state index in [0.29, 0.717) is 18.0 Å². The number of hydrogen-bond acceptors (Lipinski definition) is 4. The first-order valence-electron chi connectivity index (χ1n) is 4.40. The molecular formula is C10H10N2O2S. The number of benzene rings is 1. The Morgan fingerprint density at radius 2 is 2.47 bits per heavy atom. The van der Waals surface area contributed by atoms with Gasteiger partial charge in [-0.3, -0.25) is 0 Å². The summed E-state index contributed by atoms with van der Waals surface area (Å²) in [6.45, 7) is 2.34. The van der Waals surface area contributed by atoms with Crippen LogP contribution in [0.1, 0.15) is 6.92 Å². The van der Waals surface area contributed by atoms with Gasteiger partial charge < -0.3 is 10.1 Å². The first-order chi connectivity index (χ1) is 7.26. The van der Waals surface area contributed by atoms with Crippen molar-refractivity contribution < 1.29 is 9.53 Å². The quantitative estimate of drug-likeness (QED) is 0.631. The molecule has 0 atom stereocenters. The Morgan fingerprint density at radius 3 is 3.13 bits per heavy atom. The van der Waals surface area contributed by atoms with Crippen molar-refractivity contribution in [2.24, 2.45) is 4.99 Å². The first-order valence-corrected chi connectivity index (χ1v) is 4.80. The van der Waals surface area contributed by atoms with Crippen LogP contribution in [-0.4, -0.2) is 17.8 Å². The predicted molar refractivity (Wildman–Crippen MR) is 60.8 cm³/mol. The van der Waals surface area contributed by atoms with Gasteiger partial charge in [0.25, 0.3) is 0 Å². The van der Waals surface area contributed by atoms with Crippen LogP contribution < -0.4 is 10.1 Å². The number of ether oxygens (including phenoxy) is 1. The minimum atomic E-state index is -0.485. The third kappa shape index (κ3) is 3.89. The van der Waals surface area contributed by atoms with Gasteiger partial charge in [-0.2, -0.15) is 4.99 Å². The molecule has 4 nitrogen and oxygen atoms in total.